The van der Waals surface area contributed by atoms with Gasteiger partial charge < -0.3 is 0 Å². The van der Waals surface area contributed by atoms with Crippen LogP contribution in [0.5, 0.6) is 0 Å². The van der Waals surface area contributed by atoms with Crippen LogP contribution in [0, 0.1) is 11.8 Å². The molecule has 0 bridgehead atoms. The molecule has 1 aromatic rings. The van der Waals surface area contributed by atoms with Crippen molar-refractivity contribution in [3.63, 3.8) is 0 Å². The lowest BCUT2D eigenvalue weighted by molar-refractivity contribution is 0.0958. The minimum atomic E-state index is -0.0295. The Morgan fingerprint density at radius 2 is 2.23 bits per heavy atom. The van der Waals surface area contributed by atoms with Crippen molar-refractivity contribution in [1.82, 2.24) is 5.43 Å². The summed E-state index contributed by atoms with van der Waals surface area (Å²) in [6, 6.07) is 2.10. The Hall–Kier alpha value is -1.16. The quantitative estimate of drug-likeness (QED) is 0.816. The third kappa shape index (κ3) is 3.60. The van der Waals surface area contributed by atoms with Crippen LogP contribution >= 0.6 is 11.3 Å². The highest BCUT2D eigenvalue weighted by Gasteiger charge is 2.22. The molecule has 0 radical (unpaired) electrons. The molecule has 1 amide bonds. The summed E-state index contributed by atoms with van der Waals surface area (Å²) in [5, 5.41) is 4.37. The first-order chi connectivity index (χ1) is 10.7. The number of nitrogens with zero attached hydrogens (tertiary/aromatic N) is 1. The third-order valence-electron chi connectivity index (χ3n) is 5.05. The molecule has 3 nitrogen and oxygen atoms in total. The van der Waals surface area contributed by atoms with Gasteiger partial charge in [0.05, 0.1) is 4.88 Å². The van der Waals surface area contributed by atoms with E-state index in [9.17, 15) is 4.79 Å². The lowest BCUT2D eigenvalue weighted by Gasteiger charge is -2.19. The van der Waals surface area contributed by atoms with E-state index in [0.29, 0.717) is 5.92 Å². The van der Waals surface area contributed by atoms with Gasteiger partial charge in [-0.1, -0.05) is 20.3 Å². The summed E-state index contributed by atoms with van der Waals surface area (Å²) in [6.45, 7) is 4.52. The molecule has 22 heavy (non-hydrogen) atoms. The van der Waals surface area contributed by atoms with Crippen molar-refractivity contribution in [3.8, 4) is 0 Å². The van der Waals surface area contributed by atoms with Crippen molar-refractivity contribution < 1.29 is 4.79 Å². The molecule has 1 fully saturated rings. The largest absolute Gasteiger partial charge is 0.281 e. The molecule has 0 saturated heterocycles. The SMILES string of the molecule is CC[C@@H]1CCc2sc(C(=O)N/N=C3/CCC[C@H](C)C3)cc2C1. The maximum Gasteiger partial charge on any atom is 0.281 e. The number of thiophene rings is 1. The third-order valence-corrected chi connectivity index (χ3v) is 6.28. The van der Waals surface area contributed by atoms with E-state index >= 15 is 0 Å². The highest BCUT2D eigenvalue weighted by molar-refractivity contribution is 7.14. The molecule has 1 N–H and O–H groups in total. The minimum Gasteiger partial charge on any atom is -0.266 e. The van der Waals surface area contributed by atoms with Gasteiger partial charge in [-0.25, -0.2) is 5.43 Å². The van der Waals surface area contributed by atoms with Crippen LogP contribution in [-0.4, -0.2) is 11.6 Å². The van der Waals surface area contributed by atoms with E-state index in [4.69, 9.17) is 0 Å². The number of hydrazone groups is 1. The standard InChI is InChI=1S/C18H26N2OS/c1-3-13-7-8-16-14(10-13)11-17(22-16)18(21)20-19-15-6-4-5-12(2)9-15/h11-13H,3-10H2,1-2H3,(H,20,21)/b19-15-/t12-,13+/m0/s1. The maximum atomic E-state index is 12.3. The molecule has 2 aliphatic rings. The molecule has 1 aromatic heterocycles. The molecule has 0 aliphatic heterocycles. The monoisotopic (exact) mass is 318 g/mol. The van der Waals surface area contributed by atoms with Gasteiger partial charge in [0.15, 0.2) is 0 Å². The van der Waals surface area contributed by atoms with Gasteiger partial charge in [0.25, 0.3) is 5.91 Å². The van der Waals surface area contributed by atoms with Gasteiger partial charge in [-0.3, -0.25) is 4.79 Å². The summed E-state index contributed by atoms with van der Waals surface area (Å²) in [5.74, 6) is 1.46. The molecule has 1 heterocycles. The highest BCUT2D eigenvalue weighted by atomic mass is 32.1. The Kier molecular flexibility index (Phi) is 4.97. The molecule has 2 aliphatic carbocycles. The fourth-order valence-electron chi connectivity index (χ4n) is 3.61. The zero-order chi connectivity index (χ0) is 15.5. The van der Waals surface area contributed by atoms with Crippen LogP contribution in [0.4, 0.5) is 0 Å². The number of nitrogens with one attached hydrogen (secondary N) is 1. The number of carbonyl (C=O) groups excluding carboxylic acids is 1. The topological polar surface area (TPSA) is 41.5 Å². The summed E-state index contributed by atoms with van der Waals surface area (Å²) in [7, 11) is 0. The van der Waals surface area contributed by atoms with E-state index in [1.165, 1.54) is 36.1 Å². The predicted molar refractivity (Wildman–Crippen MR) is 92.7 cm³/mol. The number of aryl methyl sites for hydroxylation is 1. The first kappa shape index (κ1) is 15.7. The highest BCUT2D eigenvalue weighted by Crippen LogP contribution is 2.33. The van der Waals surface area contributed by atoms with Crippen LogP contribution < -0.4 is 5.43 Å². The van der Waals surface area contributed by atoms with E-state index in [1.54, 1.807) is 11.3 Å². The summed E-state index contributed by atoms with van der Waals surface area (Å²) in [5.41, 5.74) is 5.33. The lowest BCUT2D eigenvalue weighted by atomic mass is 9.87. The Balaban J connectivity index is 1.63. The van der Waals surface area contributed by atoms with Crippen LogP contribution in [0.15, 0.2) is 11.2 Å². The van der Waals surface area contributed by atoms with E-state index < -0.39 is 0 Å². The molecule has 3 rings (SSSR count). The summed E-state index contributed by atoms with van der Waals surface area (Å²) in [4.78, 5) is 14.6. The predicted octanol–water partition coefficient (Wildman–Crippen LogP) is 4.56. The molecule has 0 unspecified atom stereocenters. The summed E-state index contributed by atoms with van der Waals surface area (Å²) in [6.07, 6.45) is 9.32. The summed E-state index contributed by atoms with van der Waals surface area (Å²) < 4.78 is 0. The Morgan fingerprint density at radius 1 is 1.36 bits per heavy atom. The van der Waals surface area contributed by atoms with Crippen molar-refractivity contribution in [2.24, 2.45) is 16.9 Å². The normalized spacial score (nSPS) is 26.7. The van der Waals surface area contributed by atoms with Crippen molar-refractivity contribution in [1.29, 1.82) is 0 Å². The molecule has 2 atom stereocenters. The van der Waals surface area contributed by atoms with E-state index in [0.717, 1.165) is 42.2 Å². The lowest BCUT2D eigenvalue weighted by Crippen LogP contribution is -2.21. The number of hydrogen-bond donors (Lipinski definition) is 1. The maximum absolute atomic E-state index is 12.3. The molecule has 120 valence electrons. The zero-order valence-corrected chi connectivity index (χ0v) is 14.5. The van der Waals surface area contributed by atoms with Crippen LogP contribution in [0.2, 0.25) is 0 Å². The molecule has 4 heteroatoms. The second kappa shape index (κ2) is 6.95. The summed E-state index contributed by atoms with van der Waals surface area (Å²) >= 11 is 1.66. The Morgan fingerprint density at radius 3 is 3.00 bits per heavy atom. The van der Waals surface area contributed by atoms with Crippen LogP contribution in [0.25, 0.3) is 0 Å². The van der Waals surface area contributed by atoms with Gasteiger partial charge in [-0.15, -0.1) is 11.3 Å². The van der Waals surface area contributed by atoms with E-state index in [-0.39, 0.29) is 5.91 Å². The van der Waals surface area contributed by atoms with Crippen molar-refractivity contribution in [3.05, 3.63) is 21.4 Å². The Bertz CT molecular complexity index is 576. The van der Waals surface area contributed by atoms with Gasteiger partial charge in [-0.2, -0.15) is 5.10 Å². The van der Waals surface area contributed by atoms with E-state index in [2.05, 4.69) is 30.4 Å². The van der Waals surface area contributed by atoms with Gasteiger partial charge in [0.2, 0.25) is 0 Å². The Labute approximate surface area is 137 Å². The average molecular weight is 318 g/mol. The van der Waals surface area contributed by atoms with Crippen LogP contribution in [0.3, 0.4) is 0 Å². The van der Waals surface area contributed by atoms with Gasteiger partial charge in [-0.05, 0) is 68.4 Å². The minimum absolute atomic E-state index is 0.0295. The molecule has 0 spiro atoms. The zero-order valence-electron chi connectivity index (χ0n) is 13.7. The second-order valence-corrected chi connectivity index (χ2v) is 8.03. The van der Waals surface area contributed by atoms with Gasteiger partial charge >= 0.3 is 0 Å². The van der Waals surface area contributed by atoms with Crippen molar-refractivity contribution in [2.75, 3.05) is 0 Å². The molecule has 0 aromatic carbocycles. The number of hydrogen-bond acceptors (Lipinski definition) is 3. The number of rotatable bonds is 3. The van der Waals surface area contributed by atoms with Gasteiger partial charge in [0.1, 0.15) is 0 Å². The fraction of sp³-hybridized carbons (Fsp3) is 0.667. The van der Waals surface area contributed by atoms with Crippen molar-refractivity contribution in [2.45, 2.75) is 65.2 Å². The average Bonchev–Trinajstić information content (AvgIpc) is 2.95. The van der Waals surface area contributed by atoms with Crippen molar-refractivity contribution >= 4 is 23.0 Å². The van der Waals surface area contributed by atoms with Crippen LogP contribution in [0.1, 0.15) is 72.5 Å². The van der Waals surface area contributed by atoms with Gasteiger partial charge in [0, 0.05) is 10.6 Å². The van der Waals surface area contributed by atoms with E-state index in [1.807, 2.05) is 0 Å². The molecule has 1 saturated carbocycles. The first-order valence-electron chi connectivity index (χ1n) is 8.63. The van der Waals surface area contributed by atoms with Crippen LogP contribution in [-0.2, 0) is 12.8 Å². The molecular weight excluding hydrogens is 292 g/mol. The number of carbonyl (C=O) groups is 1. The smallest absolute Gasteiger partial charge is 0.266 e. The number of amides is 1. The number of fused-ring (bicyclic) bond motifs is 1. The fourth-order valence-corrected chi connectivity index (χ4v) is 4.71. The first-order valence-corrected chi connectivity index (χ1v) is 9.44. The molecular formula is C18H26N2OS. The second-order valence-electron chi connectivity index (χ2n) is 6.90.